The number of ether oxygens (including phenoxy) is 1. The highest BCUT2D eigenvalue weighted by Crippen LogP contribution is 2.31. The Bertz CT molecular complexity index is 1300. The molecule has 2 aliphatic rings. The summed E-state index contributed by atoms with van der Waals surface area (Å²) in [6, 6.07) is 14.9. The first-order chi connectivity index (χ1) is 18.5. The summed E-state index contributed by atoms with van der Waals surface area (Å²) in [5, 5.41) is 16.1. The van der Waals surface area contributed by atoms with Crippen LogP contribution in [-0.2, 0) is 16.1 Å². The van der Waals surface area contributed by atoms with Gasteiger partial charge in [-0.1, -0.05) is 54.1 Å². The average molecular weight is 536 g/mol. The molecule has 198 valence electrons. The highest BCUT2D eigenvalue weighted by atomic mass is 35.5. The summed E-state index contributed by atoms with van der Waals surface area (Å²) in [4.78, 5) is 36.5. The summed E-state index contributed by atoms with van der Waals surface area (Å²) in [5.74, 6) is -0.0187. The number of amides is 2. The number of carbonyl (C=O) groups is 2. The molecule has 0 bridgehead atoms. The Morgan fingerprint density at radius 3 is 2.74 bits per heavy atom. The Kier molecular flexibility index (Phi) is 8.17. The molecule has 1 fully saturated rings. The molecule has 3 heterocycles. The lowest BCUT2D eigenvalue weighted by Crippen LogP contribution is -2.39. The van der Waals surface area contributed by atoms with Crippen molar-refractivity contribution in [3.05, 3.63) is 76.4 Å². The lowest BCUT2D eigenvalue weighted by molar-refractivity contribution is -0.122. The Morgan fingerprint density at radius 2 is 1.97 bits per heavy atom. The lowest BCUT2D eigenvalue weighted by atomic mass is 10.0. The van der Waals surface area contributed by atoms with Gasteiger partial charge in [0, 0.05) is 43.5 Å². The fourth-order valence-corrected chi connectivity index (χ4v) is 5.05. The van der Waals surface area contributed by atoms with Gasteiger partial charge in [0.1, 0.15) is 6.54 Å². The van der Waals surface area contributed by atoms with Crippen LogP contribution in [0.2, 0.25) is 5.02 Å². The maximum absolute atomic E-state index is 13.2. The zero-order chi connectivity index (χ0) is 26.5. The molecule has 1 atom stereocenters. The molecule has 2 aliphatic heterocycles. The van der Waals surface area contributed by atoms with Crippen molar-refractivity contribution in [1.29, 1.82) is 0 Å². The second-order valence-electron chi connectivity index (χ2n) is 9.50. The molecular formula is C28H30ClN5O4. The van der Waals surface area contributed by atoms with E-state index in [0.717, 1.165) is 24.0 Å². The molecule has 1 saturated heterocycles. The quantitative estimate of drug-likeness (QED) is 0.383. The predicted octanol–water partition coefficient (Wildman–Crippen LogP) is 3.58. The topological polar surface area (TPSA) is 117 Å². The van der Waals surface area contributed by atoms with Gasteiger partial charge in [-0.2, -0.15) is 0 Å². The third kappa shape index (κ3) is 5.96. The number of benzene rings is 2. The highest BCUT2D eigenvalue weighted by Gasteiger charge is 2.30. The van der Waals surface area contributed by atoms with Crippen molar-refractivity contribution in [2.24, 2.45) is 0 Å². The van der Waals surface area contributed by atoms with Crippen molar-refractivity contribution < 1.29 is 19.4 Å². The number of aliphatic hydroxyl groups excluding tert-OH is 1. The molecule has 0 aliphatic carbocycles. The number of rotatable bonds is 9. The van der Waals surface area contributed by atoms with E-state index in [0.29, 0.717) is 54.0 Å². The first-order valence-corrected chi connectivity index (χ1v) is 13.1. The number of aromatic nitrogens is 2. The summed E-state index contributed by atoms with van der Waals surface area (Å²) in [7, 11) is 0. The number of fused-ring (bicyclic) bond motifs is 1. The van der Waals surface area contributed by atoms with Gasteiger partial charge in [0.25, 0.3) is 5.91 Å². The molecule has 38 heavy (non-hydrogen) atoms. The maximum atomic E-state index is 13.2. The van der Waals surface area contributed by atoms with Crippen LogP contribution in [0.1, 0.15) is 46.8 Å². The zero-order valence-corrected chi connectivity index (χ0v) is 21.7. The third-order valence-corrected chi connectivity index (χ3v) is 7.13. The molecule has 3 N–H and O–H groups in total. The van der Waals surface area contributed by atoms with Crippen LogP contribution in [-0.4, -0.2) is 64.2 Å². The number of hydrogen-bond acceptors (Lipinski definition) is 7. The largest absolute Gasteiger partial charge is 0.396 e. The molecule has 0 saturated carbocycles. The molecule has 1 unspecified atom stereocenters. The Hall–Kier alpha value is -3.53. The van der Waals surface area contributed by atoms with E-state index < -0.39 is 0 Å². The molecule has 5 rings (SSSR count). The minimum absolute atomic E-state index is 0.0609. The van der Waals surface area contributed by atoms with Gasteiger partial charge in [0.05, 0.1) is 23.0 Å². The van der Waals surface area contributed by atoms with E-state index in [4.69, 9.17) is 16.3 Å². The van der Waals surface area contributed by atoms with E-state index in [1.165, 1.54) is 4.90 Å². The van der Waals surface area contributed by atoms with Crippen molar-refractivity contribution in [2.75, 3.05) is 31.7 Å². The average Bonchev–Trinajstić information content (AvgIpc) is 3.24. The zero-order valence-electron chi connectivity index (χ0n) is 20.9. The summed E-state index contributed by atoms with van der Waals surface area (Å²) in [6.45, 7) is 1.60. The van der Waals surface area contributed by atoms with Crippen LogP contribution < -0.4 is 10.6 Å². The number of aliphatic hydroxyl groups is 1. The van der Waals surface area contributed by atoms with E-state index in [9.17, 15) is 14.7 Å². The van der Waals surface area contributed by atoms with Gasteiger partial charge >= 0.3 is 0 Å². The van der Waals surface area contributed by atoms with Crippen molar-refractivity contribution in [3.8, 4) is 11.3 Å². The molecule has 2 amide bonds. The second-order valence-corrected chi connectivity index (χ2v) is 9.90. The smallest absolute Gasteiger partial charge is 0.254 e. The fourth-order valence-electron chi connectivity index (χ4n) is 4.85. The van der Waals surface area contributed by atoms with Gasteiger partial charge in [-0.3, -0.25) is 9.59 Å². The van der Waals surface area contributed by atoms with Crippen molar-refractivity contribution >= 4 is 29.4 Å². The predicted molar refractivity (Wildman–Crippen MR) is 144 cm³/mol. The van der Waals surface area contributed by atoms with Crippen LogP contribution >= 0.6 is 11.6 Å². The van der Waals surface area contributed by atoms with E-state index in [1.807, 2.05) is 42.5 Å². The molecule has 10 heteroatoms. The molecular weight excluding hydrogens is 506 g/mol. The number of nitrogens with zero attached hydrogens (tertiary/aromatic N) is 3. The van der Waals surface area contributed by atoms with Crippen LogP contribution in [0.15, 0.2) is 54.7 Å². The van der Waals surface area contributed by atoms with E-state index >= 15 is 0 Å². The minimum atomic E-state index is -0.329. The molecule has 2 aromatic carbocycles. The first kappa shape index (κ1) is 26.1. The monoisotopic (exact) mass is 535 g/mol. The van der Waals surface area contributed by atoms with Crippen LogP contribution in [0.3, 0.4) is 0 Å². The molecule has 9 nitrogen and oxygen atoms in total. The molecule has 0 spiro atoms. The number of hydrogen-bond donors (Lipinski definition) is 3. The molecule has 3 aromatic rings. The van der Waals surface area contributed by atoms with Gasteiger partial charge < -0.3 is 25.4 Å². The van der Waals surface area contributed by atoms with Crippen LogP contribution in [0.4, 0.5) is 5.95 Å². The number of nitrogens with one attached hydrogen (secondary N) is 2. The van der Waals surface area contributed by atoms with Crippen LogP contribution in [0.25, 0.3) is 11.3 Å². The van der Waals surface area contributed by atoms with E-state index in [2.05, 4.69) is 20.6 Å². The van der Waals surface area contributed by atoms with Gasteiger partial charge in [-0.05, 0) is 36.5 Å². The highest BCUT2D eigenvalue weighted by molar-refractivity contribution is 6.33. The second kappa shape index (κ2) is 11.9. The standard InChI is InChI=1S/C28H30ClN5O4/c29-23-15-30-28(31-21-9-12-38-13-10-21)33-26(23)19-6-7-20-16-34(27(37)22(20)14-19)17-25(36)32-24(8-11-35)18-4-2-1-3-5-18/h1-7,14-15,21,24,35H,8-13,16-17H2,(H,32,36)(H,30,31,33). The SMILES string of the molecule is O=C(CN1Cc2ccc(-c3nc(NC4CCOCC4)ncc3Cl)cc2C1=O)NC(CCO)c1ccccc1. The number of carbonyl (C=O) groups excluding carboxylic acids is 2. The van der Waals surface area contributed by atoms with Crippen molar-refractivity contribution in [2.45, 2.75) is 37.9 Å². The molecule has 0 radical (unpaired) electrons. The Morgan fingerprint density at radius 1 is 1.18 bits per heavy atom. The fraction of sp³-hybridized carbons (Fsp3) is 0.357. The summed E-state index contributed by atoms with van der Waals surface area (Å²) >= 11 is 6.44. The van der Waals surface area contributed by atoms with Gasteiger partial charge in [-0.15, -0.1) is 0 Å². The van der Waals surface area contributed by atoms with Gasteiger partial charge in [-0.25, -0.2) is 9.97 Å². The first-order valence-electron chi connectivity index (χ1n) is 12.8. The Labute approximate surface area is 226 Å². The van der Waals surface area contributed by atoms with Crippen LogP contribution in [0, 0.1) is 0 Å². The summed E-state index contributed by atoms with van der Waals surface area (Å²) < 4.78 is 5.41. The third-order valence-electron chi connectivity index (χ3n) is 6.85. The van der Waals surface area contributed by atoms with E-state index in [1.54, 1.807) is 12.3 Å². The normalized spacial score (nSPS) is 16.3. The van der Waals surface area contributed by atoms with Crippen molar-refractivity contribution in [1.82, 2.24) is 20.2 Å². The van der Waals surface area contributed by atoms with Crippen LogP contribution in [0.5, 0.6) is 0 Å². The number of anilines is 1. The molecule has 1 aromatic heterocycles. The number of halogens is 1. The van der Waals surface area contributed by atoms with Crippen molar-refractivity contribution in [3.63, 3.8) is 0 Å². The lowest BCUT2D eigenvalue weighted by Gasteiger charge is -2.23. The maximum Gasteiger partial charge on any atom is 0.254 e. The Balaban J connectivity index is 1.28. The van der Waals surface area contributed by atoms with Gasteiger partial charge in [0.15, 0.2) is 0 Å². The van der Waals surface area contributed by atoms with E-state index in [-0.39, 0.29) is 37.0 Å². The minimum Gasteiger partial charge on any atom is -0.396 e. The summed E-state index contributed by atoms with van der Waals surface area (Å²) in [6.07, 6.45) is 3.71. The summed E-state index contributed by atoms with van der Waals surface area (Å²) in [5.41, 5.74) is 3.52. The van der Waals surface area contributed by atoms with Gasteiger partial charge in [0.2, 0.25) is 11.9 Å².